The SMILES string of the molecule is CCC(C)(C)C(=O)OCC(C)(C)/[N+]([O-])=C/c1ccccc1.CCC(C)(C)C(=O)OCC(O)COC(=O)C1CC(C)(C)N(OC)C(C)(C)C1.CCC(C)(C)C(=O)OCCCC(=O)OC1CC(C)(C)N(OC)C(C)(C)C1.CCC(C)C/[N+]([O-])=C/c1ccccc1. The fourth-order valence-electron chi connectivity index (χ4n) is 10.2. The summed E-state index contributed by atoms with van der Waals surface area (Å²) >= 11 is 0. The second-order valence-electron chi connectivity index (χ2n) is 28.6. The lowest BCUT2D eigenvalue weighted by Crippen LogP contribution is -2.61. The monoisotopic (exact) mass is 1240 g/mol. The van der Waals surface area contributed by atoms with Gasteiger partial charge in [0.1, 0.15) is 25.4 Å². The molecule has 19 heteroatoms. The van der Waals surface area contributed by atoms with Crippen molar-refractivity contribution in [3.05, 3.63) is 82.2 Å². The van der Waals surface area contributed by atoms with Gasteiger partial charge in [0.15, 0.2) is 25.6 Å². The average molecular weight is 1240 g/mol. The number of nitrogens with zero attached hydrogens (tertiary/aromatic N) is 4. The molecular formula is C69H116N4O15. The number of aliphatic hydroxyl groups is 1. The van der Waals surface area contributed by atoms with Crippen molar-refractivity contribution in [1.82, 2.24) is 10.1 Å². The molecule has 2 aromatic carbocycles. The van der Waals surface area contributed by atoms with Crippen LogP contribution in [0.3, 0.4) is 0 Å². The highest BCUT2D eigenvalue weighted by atomic mass is 16.7. The van der Waals surface area contributed by atoms with Gasteiger partial charge in [-0.1, -0.05) is 71.0 Å². The fraction of sp³-hybridized carbons (Fsp3) is 0.725. The average Bonchev–Trinajstić information content (AvgIpc) is 0.948. The van der Waals surface area contributed by atoms with Crippen molar-refractivity contribution in [3.8, 4) is 0 Å². The number of esters is 5. The number of hydroxylamine groups is 6. The van der Waals surface area contributed by atoms with E-state index in [0.717, 1.165) is 46.3 Å². The molecule has 0 spiro atoms. The van der Waals surface area contributed by atoms with Crippen LogP contribution in [0.25, 0.3) is 0 Å². The molecule has 0 bridgehead atoms. The Morgan fingerprint density at radius 3 is 1.43 bits per heavy atom. The molecular weight excluding hydrogens is 1120 g/mol. The van der Waals surface area contributed by atoms with Crippen LogP contribution in [0.1, 0.15) is 221 Å². The second kappa shape index (κ2) is 35.8. The lowest BCUT2D eigenvalue weighted by molar-refractivity contribution is -0.539. The Kier molecular flexibility index (Phi) is 32.8. The van der Waals surface area contributed by atoms with Crippen molar-refractivity contribution >= 4 is 42.3 Å². The van der Waals surface area contributed by atoms with E-state index in [1.54, 1.807) is 48.1 Å². The van der Waals surface area contributed by atoms with Crippen LogP contribution in [0.15, 0.2) is 60.7 Å². The van der Waals surface area contributed by atoms with Gasteiger partial charge in [0.2, 0.25) is 5.54 Å². The lowest BCUT2D eigenvalue weighted by Gasteiger charge is -2.52. The summed E-state index contributed by atoms with van der Waals surface area (Å²) in [6, 6.07) is 19.0. The van der Waals surface area contributed by atoms with Gasteiger partial charge in [0, 0.05) is 72.3 Å². The zero-order valence-corrected chi connectivity index (χ0v) is 58.3. The number of aliphatic hydroxyl groups excluding tert-OH is 1. The van der Waals surface area contributed by atoms with E-state index in [-0.39, 0.29) is 96.9 Å². The highest BCUT2D eigenvalue weighted by Crippen LogP contribution is 2.42. The van der Waals surface area contributed by atoms with Crippen molar-refractivity contribution < 1.29 is 71.9 Å². The lowest BCUT2D eigenvalue weighted by atomic mass is 9.75. The third-order valence-electron chi connectivity index (χ3n) is 16.5. The Morgan fingerprint density at radius 1 is 0.614 bits per heavy atom. The third kappa shape index (κ3) is 27.3. The predicted octanol–water partition coefficient (Wildman–Crippen LogP) is 12.6. The normalized spacial score (nSPS) is 18.0. The molecule has 0 saturated carbocycles. The quantitative estimate of drug-likeness (QED) is 0.0176. The highest BCUT2D eigenvalue weighted by Gasteiger charge is 2.49. The maximum Gasteiger partial charge on any atom is 0.311 e. The van der Waals surface area contributed by atoms with E-state index in [2.05, 4.69) is 41.5 Å². The van der Waals surface area contributed by atoms with Crippen molar-refractivity contribution in [2.45, 2.75) is 250 Å². The number of piperidine rings is 2. The van der Waals surface area contributed by atoms with Crippen LogP contribution in [-0.2, 0) is 57.3 Å². The number of hydrogen-bond donors (Lipinski definition) is 1. The zero-order chi connectivity index (χ0) is 67.7. The molecule has 0 amide bonds. The molecule has 4 rings (SSSR count). The minimum absolute atomic E-state index is 0.0576. The van der Waals surface area contributed by atoms with Gasteiger partial charge in [-0.15, -0.1) is 0 Å². The standard InChI is InChI=1S/C20H37NO6.C20H37NO5.C17H25NO3.C12H17NO/c1-9-18(2,3)17(24)27-13-15(22)12-26-16(23)14-10-19(4,5)21(25-8)20(6,7)11-14;1-9-18(2,3)17(23)25-12-10-11-16(22)26-15-13-19(4,5)21(24-8)20(6,7)14-15;1-6-16(2,3)15(19)21-13-17(4,5)18(20)12-14-10-8-7-9-11-14;1-3-11(2)9-13(14)10-12-7-5-4-6-8-12/h14-15,22H,9-13H2,1-8H3;15H,9-14H2,1-8H3;7-12H,6,13H2,1-5H3;4-8,10-11H,3,9H2,1-2H3/b;;18-12-;13-10-. The minimum Gasteiger partial charge on any atom is -0.624 e. The van der Waals surface area contributed by atoms with Crippen LogP contribution in [0.2, 0.25) is 0 Å². The van der Waals surface area contributed by atoms with Gasteiger partial charge < -0.3 is 48.9 Å². The van der Waals surface area contributed by atoms with E-state index in [1.165, 1.54) is 6.21 Å². The topological polar surface area (TPSA) is 229 Å². The maximum absolute atomic E-state index is 12.5. The Morgan fingerprint density at radius 2 is 1.01 bits per heavy atom. The molecule has 2 atom stereocenters. The molecule has 2 fully saturated rings. The van der Waals surface area contributed by atoms with E-state index >= 15 is 0 Å². The Hall–Kier alpha value is -5.47. The number of carbonyl (C=O) groups is 5. The van der Waals surface area contributed by atoms with Crippen molar-refractivity contribution in [2.24, 2.45) is 28.1 Å². The molecule has 2 saturated heterocycles. The Balaban J connectivity index is 0.000000600. The van der Waals surface area contributed by atoms with Crippen molar-refractivity contribution in [2.75, 3.05) is 47.2 Å². The molecule has 0 radical (unpaired) electrons. The molecule has 0 aliphatic carbocycles. The summed E-state index contributed by atoms with van der Waals surface area (Å²) in [5.74, 6) is -1.27. The summed E-state index contributed by atoms with van der Waals surface area (Å²) in [6.45, 7) is 41.5. The summed E-state index contributed by atoms with van der Waals surface area (Å²) in [7, 11) is 3.32. The number of hydrogen-bond acceptors (Lipinski definition) is 17. The van der Waals surface area contributed by atoms with Gasteiger partial charge >= 0.3 is 29.8 Å². The van der Waals surface area contributed by atoms with E-state index < -0.39 is 27.9 Å². The third-order valence-corrected chi connectivity index (χ3v) is 16.5. The first-order valence-corrected chi connectivity index (χ1v) is 31.5. The van der Waals surface area contributed by atoms with Gasteiger partial charge in [-0.3, -0.25) is 24.0 Å². The van der Waals surface area contributed by atoms with Crippen molar-refractivity contribution in [3.63, 3.8) is 0 Å². The highest BCUT2D eigenvalue weighted by molar-refractivity contribution is 5.78. The first-order valence-electron chi connectivity index (χ1n) is 31.5. The molecule has 0 aromatic heterocycles. The Labute approximate surface area is 529 Å². The van der Waals surface area contributed by atoms with Gasteiger partial charge in [-0.2, -0.15) is 10.1 Å². The number of ether oxygens (including phenoxy) is 5. The summed E-state index contributed by atoms with van der Waals surface area (Å²) in [5, 5.41) is 37.6. The smallest absolute Gasteiger partial charge is 0.311 e. The first-order chi connectivity index (χ1) is 40.5. The van der Waals surface area contributed by atoms with Gasteiger partial charge in [-0.25, -0.2) is 9.48 Å². The molecule has 2 aliphatic heterocycles. The van der Waals surface area contributed by atoms with Crippen LogP contribution in [0, 0.1) is 38.5 Å². The van der Waals surface area contributed by atoms with Crippen LogP contribution >= 0.6 is 0 Å². The summed E-state index contributed by atoms with van der Waals surface area (Å²) < 4.78 is 28.6. The van der Waals surface area contributed by atoms with Crippen LogP contribution in [-0.4, -0.2) is 154 Å². The molecule has 2 aromatic rings. The van der Waals surface area contributed by atoms with Gasteiger partial charge in [-0.05, 0) is 166 Å². The van der Waals surface area contributed by atoms with Crippen LogP contribution in [0.4, 0.5) is 0 Å². The maximum atomic E-state index is 12.5. The fourth-order valence-corrected chi connectivity index (χ4v) is 10.2. The number of rotatable bonds is 26. The molecule has 502 valence electrons. The number of carbonyl (C=O) groups excluding carboxylic acids is 5. The van der Waals surface area contributed by atoms with E-state index in [4.69, 9.17) is 33.4 Å². The Bertz CT molecular complexity index is 2470. The molecule has 88 heavy (non-hydrogen) atoms. The molecule has 2 heterocycles. The van der Waals surface area contributed by atoms with Crippen molar-refractivity contribution in [1.29, 1.82) is 0 Å². The van der Waals surface area contributed by atoms with Gasteiger partial charge in [0.25, 0.3) is 0 Å². The largest absolute Gasteiger partial charge is 0.624 e. The summed E-state index contributed by atoms with van der Waals surface area (Å²) in [5.41, 5.74) is -1.70. The van der Waals surface area contributed by atoms with Crippen LogP contribution in [0.5, 0.6) is 0 Å². The molecule has 2 unspecified atom stereocenters. The first kappa shape index (κ1) is 80.5. The molecule has 1 N–H and O–H groups in total. The zero-order valence-electron chi connectivity index (χ0n) is 58.3. The predicted molar refractivity (Wildman–Crippen MR) is 346 cm³/mol. The van der Waals surface area contributed by atoms with E-state index in [1.807, 2.05) is 147 Å². The molecule has 19 nitrogen and oxygen atoms in total. The van der Waals surface area contributed by atoms with Crippen LogP contribution < -0.4 is 0 Å². The summed E-state index contributed by atoms with van der Waals surface area (Å²) in [6.07, 6.45) is 8.45. The minimum atomic E-state index is -1.04. The van der Waals surface area contributed by atoms with E-state index in [0.29, 0.717) is 44.6 Å². The second-order valence-corrected chi connectivity index (χ2v) is 28.6. The van der Waals surface area contributed by atoms with E-state index in [9.17, 15) is 39.5 Å². The number of benzene rings is 2. The molecule has 2 aliphatic rings. The van der Waals surface area contributed by atoms with Gasteiger partial charge in [0.05, 0.1) is 43.0 Å². The summed E-state index contributed by atoms with van der Waals surface area (Å²) in [4.78, 5) is 71.6.